The molecule has 0 saturated heterocycles. The van der Waals surface area contributed by atoms with Gasteiger partial charge in [-0.2, -0.15) is 0 Å². The average molecular weight is 387 g/mol. The SMILES string of the molecule is IN1CCN(I)c2cnccc21. The van der Waals surface area contributed by atoms with Crippen LogP contribution in [0.5, 0.6) is 0 Å². The topological polar surface area (TPSA) is 19.4 Å². The van der Waals surface area contributed by atoms with Gasteiger partial charge in [0.1, 0.15) is 0 Å². The predicted octanol–water partition coefficient (Wildman–Crippen LogP) is 2.41. The van der Waals surface area contributed by atoms with Crippen LogP contribution in [-0.4, -0.2) is 18.1 Å². The van der Waals surface area contributed by atoms with Crippen molar-refractivity contribution in [3.05, 3.63) is 18.5 Å². The molecule has 0 aromatic carbocycles. The van der Waals surface area contributed by atoms with Gasteiger partial charge in [0.15, 0.2) is 0 Å². The highest BCUT2D eigenvalue weighted by Crippen LogP contribution is 2.35. The van der Waals surface area contributed by atoms with E-state index in [4.69, 9.17) is 0 Å². The third-order valence-corrected chi connectivity index (χ3v) is 3.80. The van der Waals surface area contributed by atoms with Crippen LogP contribution in [0.4, 0.5) is 11.4 Å². The second-order valence-electron chi connectivity index (χ2n) is 2.54. The summed E-state index contributed by atoms with van der Waals surface area (Å²) in [5.74, 6) is 0. The third-order valence-electron chi connectivity index (χ3n) is 1.79. The van der Waals surface area contributed by atoms with Crippen molar-refractivity contribution in [2.24, 2.45) is 0 Å². The highest BCUT2D eigenvalue weighted by Gasteiger charge is 2.18. The van der Waals surface area contributed by atoms with Crippen LogP contribution in [0.25, 0.3) is 0 Å². The van der Waals surface area contributed by atoms with Crippen LogP contribution in [0.2, 0.25) is 0 Å². The number of hydrogen-bond acceptors (Lipinski definition) is 3. The van der Waals surface area contributed by atoms with Gasteiger partial charge in [0.2, 0.25) is 0 Å². The summed E-state index contributed by atoms with van der Waals surface area (Å²) in [7, 11) is 0. The molecule has 0 N–H and O–H groups in total. The molecule has 0 bridgehead atoms. The van der Waals surface area contributed by atoms with Gasteiger partial charge in [0, 0.05) is 19.3 Å². The molecule has 5 heteroatoms. The second kappa shape index (κ2) is 3.52. The van der Waals surface area contributed by atoms with Gasteiger partial charge in [0.25, 0.3) is 0 Å². The van der Waals surface area contributed by atoms with Crippen LogP contribution in [0.1, 0.15) is 0 Å². The molecular formula is C7H7I2N3. The Hall–Kier alpha value is 0.210. The van der Waals surface area contributed by atoms with Crippen molar-refractivity contribution in [3.63, 3.8) is 0 Å². The largest absolute Gasteiger partial charge is 0.311 e. The van der Waals surface area contributed by atoms with E-state index in [1.165, 1.54) is 11.4 Å². The van der Waals surface area contributed by atoms with E-state index in [-0.39, 0.29) is 0 Å². The first-order chi connectivity index (χ1) is 5.79. The Labute approximate surface area is 99.1 Å². The Bertz CT molecular complexity index is 263. The summed E-state index contributed by atoms with van der Waals surface area (Å²) in [5.41, 5.74) is 2.46. The fraction of sp³-hybridized carbons (Fsp3) is 0.286. The Kier molecular flexibility index (Phi) is 2.58. The Morgan fingerprint density at radius 3 is 2.50 bits per heavy atom. The number of aromatic nitrogens is 1. The van der Waals surface area contributed by atoms with Gasteiger partial charge in [-0.25, -0.2) is 0 Å². The quantitative estimate of drug-likeness (QED) is 0.504. The van der Waals surface area contributed by atoms with Crippen molar-refractivity contribution >= 4 is 57.1 Å². The minimum absolute atomic E-state index is 1.06. The molecule has 0 radical (unpaired) electrons. The summed E-state index contributed by atoms with van der Waals surface area (Å²) in [6.45, 7) is 2.13. The molecule has 0 amide bonds. The lowest BCUT2D eigenvalue weighted by molar-refractivity contribution is 0.957. The number of pyridine rings is 1. The van der Waals surface area contributed by atoms with Crippen LogP contribution < -0.4 is 6.23 Å². The minimum atomic E-state index is 1.06. The lowest BCUT2D eigenvalue weighted by Crippen LogP contribution is -2.30. The molecule has 0 unspecified atom stereocenters. The molecule has 1 aliphatic heterocycles. The fourth-order valence-corrected chi connectivity index (χ4v) is 2.40. The number of fused-ring (bicyclic) bond motifs is 1. The van der Waals surface area contributed by atoms with E-state index in [1.54, 1.807) is 0 Å². The normalized spacial score (nSPS) is 16.2. The molecule has 64 valence electrons. The molecule has 12 heavy (non-hydrogen) atoms. The number of anilines is 2. The second-order valence-corrected chi connectivity index (χ2v) is 4.87. The zero-order valence-corrected chi connectivity index (χ0v) is 10.6. The van der Waals surface area contributed by atoms with Gasteiger partial charge in [-0.3, -0.25) is 4.98 Å². The average Bonchev–Trinajstić information content (AvgIpc) is 2.12. The summed E-state index contributed by atoms with van der Waals surface area (Å²) in [4.78, 5) is 4.11. The first kappa shape index (κ1) is 8.79. The molecule has 0 saturated carbocycles. The lowest BCUT2D eigenvalue weighted by Gasteiger charge is -2.30. The van der Waals surface area contributed by atoms with E-state index in [2.05, 4.69) is 56.9 Å². The van der Waals surface area contributed by atoms with Crippen LogP contribution in [0.15, 0.2) is 18.5 Å². The molecular weight excluding hydrogens is 380 g/mol. The van der Waals surface area contributed by atoms with E-state index in [0.29, 0.717) is 0 Å². The third kappa shape index (κ3) is 1.48. The van der Waals surface area contributed by atoms with Gasteiger partial charge >= 0.3 is 0 Å². The zero-order valence-electron chi connectivity index (χ0n) is 6.24. The predicted molar refractivity (Wildman–Crippen MR) is 67.0 cm³/mol. The van der Waals surface area contributed by atoms with Gasteiger partial charge in [0.05, 0.1) is 63.3 Å². The Balaban J connectivity index is 2.47. The maximum atomic E-state index is 4.11. The number of hydrogen-bond donors (Lipinski definition) is 0. The molecule has 0 fully saturated rings. The summed E-state index contributed by atoms with van der Waals surface area (Å²) in [6.07, 6.45) is 3.74. The smallest absolute Gasteiger partial charge is 0.0885 e. The molecule has 0 spiro atoms. The minimum Gasteiger partial charge on any atom is -0.311 e. The van der Waals surface area contributed by atoms with Gasteiger partial charge < -0.3 is 6.23 Å². The number of halogens is 2. The van der Waals surface area contributed by atoms with Gasteiger partial charge in [-0.1, -0.05) is 0 Å². The zero-order chi connectivity index (χ0) is 8.55. The van der Waals surface area contributed by atoms with Gasteiger partial charge in [-0.15, -0.1) is 0 Å². The van der Waals surface area contributed by atoms with Crippen LogP contribution >= 0.6 is 45.7 Å². The summed E-state index contributed by atoms with van der Waals surface area (Å²) in [6, 6.07) is 2.05. The van der Waals surface area contributed by atoms with Crippen LogP contribution in [0.3, 0.4) is 0 Å². The van der Waals surface area contributed by atoms with Crippen molar-refractivity contribution in [2.45, 2.75) is 0 Å². The first-order valence-corrected chi connectivity index (χ1v) is 5.52. The fourth-order valence-electron chi connectivity index (χ4n) is 1.19. The van der Waals surface area contributed by atoms with Crippen molar-refractivity contribution in [1.82, 2.24) is 4.98 Å². The standard InChI is InChI=1S/C7H7I2N3/c8-11-3-4-12(9)7-5-10-2-1-6(7)11/h1-2,5H,3-4H2. The summed E-state index contributed by atoms with van der Waals surface area (Å²) < 4.78 is 4.43. The van der Waals surface area contributed by atoms with Crippen molar-refractivity contribution < 1.29 is 0 Å². The maximum absolute atomic E-state index is 4.11. The molecule has 1 aromatic heterocycles. The summed E-state index contributed by atoms with van der Waals surface area (Å²) >= 11 is 4.66. The first-order valence-electron chi connectivity index (χ1n) is 3.59. The van der Waals surface area contributed by atoms with Crippen molar-refractivity contribution in [1.29, 1.82) is 0 Å². The van der Waals surface area contributed by atoms with E-state index in [0.717, 1.165) is 13.1 Å². The van der Waals surface area contributed by atoms with E-state index >= 15 is 0 Å². The van der Waals surface area contributed by atoms with Crippen molar-refractivity contribution in [2.75, 3.05) is 19.3 Å². The molecule has 0 atom stereocenters. The maximum Gasteiger partial charge on any atom is 0.0885 e. The van der Waals surface area contributed by atoms with Gasteiger partial charge in [-0.05, 0) is 6.07 Å². The van der Waals surface area contributed by atoms with Crippen LogP contribution in [0, 0.1) is 0 Å². The number of rotatable bonds is 0. The summed E-state index contributed by atoms with van der Waals surface area (Å²) in [5, 5.41) is 0. The molecule has 1 aromatic rings. The monoisotopic (exact) mass is 387 g/mol. The Morgan fingerprint density at radius 1 is 1.17 bits per heavy atom. The van der Waals surface area contributed by atoms with Crippen molar-refractivity contribution in [3.8, 4) is 0 Å². The molecule has 2 rings (SSSR count). The molecule has 2 heterocycles. The van der Waals surface area contributed by atoms with Crippen LogP contribution in [-0.2, 0) is 0 Å². The highest BCUT2D eigenvalue weighted by molar-refractivity contribution is 14.1. The van der Waals surface area contributed by atoms with E-state index in [1.807, 2.05) is 18.5 Å². The van der Waals surface area contributed by atoms with E-state index in [9.17, 15) is 0 Å². The lowest BCUT2D eigenvalue weighted by atomic mass is 10.3. The molecule has 1 aliphatic rings. The molecule has 3 nitrogen and oxygen atoms in total. The number of nitrogens with zero attached hydrogens (tertiary/aromatic N) is 3. The Morgan fingerprint density at radius 2 is 1.83 bits per heavy atom. The van der Waals surface area contributed by atoms with E-state index < -0.39 is 0 Å². The highest BCUT2D eigenvalue weighted by atomic mass is 127. The molecule has 0 aliphatic carbocycles.